The average molecular weight is 261 g/mol. The summed E-state index contributed by atoms with van der Waals surface area (Å²) >= 11 is 0. The van der Waals surface area contributed by atoms with E-state index in [2.05, 4.69) is 9.97 Å². The van der Waals surface area contributed by atoms with Crippen molar-refractivity contribution in [1.29, 1.82) is 0 Å². The van der Waals surface area contributed by atoms with E-state index >= 15 is 0 Å². The number of halogens is 2. The van der Waals surface area contributed by atoms with Gasteiger partial charge in [0, 0.05) is 19.3 Å². The lowest BCUT2D eigenvalue weighted by atomic mass is 10.3. The van der Waals surface area contributed by atoms with Gasteiger partial charge in [0.2, 0.25) is 5.88 Å². The summed E-state index contributed by atoms with van der Waals surface area (Å²) in [6.45, 7) is 0. The van der Waals surface area contributed by atoms with E-state index < -0.39 is 11.6 Å². The maximum atomic E-state index is 13.5. The van der Waals surface area contributed by atoms with Crippen LogP contribution >= 0.6 is 0 Å². The van der Waals surface area contributed by atoms with E-state index in [1.54, 1.807) is 16.8 Å². The van der Waals surface area contributed by atoms with Crippen molar-refractivity contribution in [3.05, 3.63) is 48.4 Å². The van der Waals surface area contributed by atoms with Crippen LogP contribution in [0.1, 0.15) is 0 Å². The Hall–Kier alpha value is -2.50. The molecule has 0 aliphatic carbocycles. The van der Waals surface area contributed by atoms with Gasteiger partial charge in [-0.25, -0.2) is 18.7 Å². The molecule has 0 bridgehead atoms. The van der Waals surface area contributed by atoms with Crippen molar-refractivity contribution in [2.75, 3.05) is 0 Å². The van der Waals surface area contributed by atoms with Crippen LogP contribution in [0.5, 0.6) is 11.6 Å². The first kappa shape index (κ1) is 11.6. The van der Waals surface area contributed by atoms with Crippen molar-refractivity contribution in [2.24, 2.45) is 7.05 Å². The summed E-state index contributed by atoms with van der Waals surface area (Å²) in [5.74, 6) is -1.28. The number of nitrogens with zero attached hydrogens (tertiary/aromatic N) is 3. The Kier molecular flexibility index (Phi) is 2.63. The van der Waals surface area contributed by atoms with Crippen molar-refractivity contribution in [3.8, 4) is 11.6 Å². The summed E-state index contributed by atoms with van der Waals surface area (Å²) in [6, 6.07) is 4.88. The Morgan fingerprint density at radius 3 is 2.79 bits per heavy atom. The molecular formula is C13H9F2N3O. The standard InChI is InChI=1S/C13H9F2N3O/c1-18-5-4-9-12(18)16-7-17-13(9)19-11-3-2-8(14)6-10(11)15/h2-7H,1H3. The zero-order valence-corrected chi connectivity index (χ0v) is 9.97. The maximum Gasteiger partial charge on any atom is 0.231 e. The van der Waals surface area contributed by atoms with E-state index in [0.717, 1.165) is 12.1 Å². The smallest absolute Gasteiger partial charge is 0.231 e. The number of hydrogen-bond donors (Lipinski definition) is 0. The summed E-state index contributed by atoms with van der Waals surface area (Å²) < 4.78 is 33.5. The second kappa shape index (κ2) is 4.31. The molecule has 0 aliphatic rings. The van der Waals surface area contributed by atoms with Gasteiger partial charge in [-0.15, -0.1) is 0 Å². The second-order valence-electron chi connectivity index (χ2n) is 4.02. The number of hydrogen-bond acceptors (Lipinski definition) is 3. The molecule has 0 radical (unpaired) electrons. The molecule has 96 valence electrons. The molecule has 2 aromatic heterocycles. The van der Waals surface area contributed by atoms with Gasteiger partial charge in [0.05, 0.1) is 5.39 Å². The van der Waals surface area contributed by atoms with Gasteiger partial charge in [0.25, 0.3) is 0 Å². The molecule has 0 fully saturated rings. The third kappa shape index (κ3) is 2.01. The van der Waals surface area contributed by atoms with Crippen LogP contribution < -0.4 is 4.74 Å². The predicted octanol–water partition coefficient (Wildman–Crippen LogP) is 3.04. The first-order valence-electron chi connectivity index (χ1n) is 5.54. The largest absolute Gasteiger partial charge is 0.435 e. The van der Waals surface area contributed by atoms with Crippen LogP contribution in [0.15, 0.2) is 36.8 Å². The van der Waals surface area contributed by atoms with Crippen molar-refractivity contribution in [3.63, 3.8) is 0 Å². The van der Waals surface area contributed by atoms with Crippen LogP contribution in [0.3, 0.4) is 0 Å². The number of aromatic nitrogens is 3. The van der Waals surface area contributed by atoms with Crippen molar-refractivity contribution in [2.45, 2.75) is 0 Å². The summed E-state index contributed by atoms with van der Waals surface area (Å²) in [5, 5.41) is 0.661. The summed E-state index contributed by atoms with van der Waals surface area (Å²) in [6.07, 6.45) is 3.13. The highest BCUT2D eigenvalue weighted by Gasteiger charge is 2.11. The fourth-order valence-electron chi connectivity index (χ4n) is 1.80. The Morgan fingerprint density at radius 1 is 1.16 bits per heavy atom. The normalized spacial score (nSPS) is 10.9. The summed E-state index contributed by atoms with van der Waals surface area (Å²) in [4.78, 5) is 8.07. The van der Waals surface area contributed by atoms with Crippen LogP contribution in [0.2, 0.25) is 0 Å². The third-order valence-corrected chi connectivity index (χ3v) is 2.73. The molecule has 1 aromatic carbocycles. The highest BCUT2D eigenvalue weighted by atomic mass is 19.1. The lowest BCUT2D eigenvalue weighted by Crippen LogP contribution is -1.94. The van der Waals surface area contributed by atoms with Gasteiger partial charge in [-0.1, -0.05) is 0 Å². The fourth-order valence-corrected chi connectivity index (χ4v) is 1.80. The van der Waals surface area contributed by atoms with E-state index in [0.29, 0.717) is 11.0 Å². The molecule has 0 amide bonds. The zero-order chi connectivity index (χ0) is 13.4. The molecule has 19 heavy (non-hydrogen) atoms. The van der Waals surface area contributed by atoms with Gasteiger partial charge in [0.1, 0.15) is 17.8 Å². The average Bonchev–Trinajstić information content (AvgIpc) is 2.76. The van der Waals surface area contributed by atoms with Crippen molar-refractivity contribution in [1.82, 2.24) is 14.5 Å². The van der Waals surface area contributed by atoms with Gasteiger partial charge in [-0.2, -0.15) is 0 Å². The second-order valence-corrected chi connectivity index (χ2v) is 4.02. The van der Waals surface area contributed by atoms with Gasteiger partial charge in [-0.05, 0) is 18.2 Å². The number of fused-ring (bicyclic) bond motifs is 1. The molecule has 6 heteroatoms. The lowest BCUT2D eigenvalue weighted by Gasteiger charge is -2.06. The van der Waals surface area contributed by atoms with Gasteiger partial charge < -0.3 is 9.30 Å². The van der Waals surface area contributed by atoms with E-state index in [4.69, 9.17) is 4.74 Å². The highest BCUT2D eigenvalue weighted by Crippen LogP contribution is 2.28. The third-order valence-electron chi connectivity index (χ3n) is 2.73. The maximum absolute atomic E-state index is 13.5. The van der Waals surface area contributed by atoms with Crippen LogP contribution in [0.4, 0.5) is 8.78 Å². The monoisotopic (exact) mass is 261 g/mol. The van der Waals surface area contributed by atoms with E-state index in [1.807, 2.05) is 7.05 Å². The van der Waals surface area contributed by atoms with Gasteiger partial charge in [0.15, 0.2) is 11.6 Å². The lowest BCUT2D eigenvalue weighted by molar-refractivity contribution is 0.427. The Balaban J connectivity index is 2.06. The minimum atomic E-state index is -0.775. The fraction of sp³-hybridized carbons (Fsp3) is 0.0769. The van der Waals surface area contributed by atoms with Crippen LogP contribution in [-0.4, -0.2) is 14.5 Å². The van der Waals surface area contributed by atoms with Gasteiger partial charge in [-0.3, -0.25) is 0 Å². The van der Waals surface area contributed by atoms with Crippen molar-refractivity contribution < 1.29 is 13.5 Å². The van der Waals surface area contributed by atoms with E-state index in [-0.39, 0.29) is 11.6 Å². The highest BCUT2D eigenvalue weighted by molar-refractivity contribution is 5.81. The molecule has 0 aliphatic heterocycles. The van der Waals surface area contributed by atoms with Crippen LogP contribution in [-0.2, 0) is 7.05 Å². The molecule has 0 saturated carbocycles. The first-order chi connectivity index (χ1) is 9.15. The van der Waals surface area contributed by atoms with E-state index in [1.165, 1.54) is 12.4 Å². The van der Waals surface area contributed by atoms with Gasteiger partial charge >= 0.3 is 0 Å². The molecule has 0 N–H and O–H groups in total. The summed E-state index contributed by atoms with van der Waals surface area (Å²) in [7, 11) is 1.83. The molecule has 2 heterocycles. The molecule has 0 saturated heterocycles. The molecule has 3 rings (SSSR count). The number of aryl methyl sites for hydroxylation is 1. The SMILES string of the molecule is Cn1ccc2c(Oc3ccc(F)cc3F)ncnc21. The van der Waals surface area contributed by atoms with Crippen molar-refractivity contribution >= 4 is 11.0 Å². The minimum absolute atomic E-state index is 0.0785. The van der Waals surface area contributed by atoms with E-state index in [9.17, 15) is 8.78 Å². The Morgan fingerprint density at radius 2 is 2.00 bits per heavy atom. The molecule has 0 unspecified atom stereocenters. The molecule has 4 nitrogen and oxygen atoms in total. The molecule has 0 spiro atoms. The molecule has 0 atom stereocenters. The summed E-state index contributed by atoms with van der Waals surface area (Å²) in [5.41, 5.74) is 0.674. The Bertz CT molecular complexity index is 755. The number of benzene rings is 1. The van der Waals surface area contributed by atoms with Crippen LogP contribution in [0.25, 0.3) is 11.0 Å². The minimum Gasteiger partial charge on any atom is -0.435 e. The predicted molar refractivity (Wildman–Crippen MR) is 64.9 cm³/mol. The number of rotatable bonds is 2. The van der Waals surface area contributed by atoms with Crippen LogP contribution in [0, 0.1) is 11.6 Å². The molecular weight excluding hydrogens is 252 g/mol. The Labute approximate surface area is 107 Å². The molecule has 3 aromatic rings. The zero-order valence-electron chi connectivity index (χ0n) is 9.97. The first-order valence-corrected chi connectivity index (χ1v) is 5.54. The number of ether oxygens (including phenoxy) is 1. The quantitative estimate of drug-likeness (QED) is 0.711. The topological polar surface area (TPSA) is 39.9 Å².